The van der Waals surface area contributed by atoms with E-state index < -0.39 is 0 Å². The number of fused-ring (bicyclic) bond motifs is 9. The lowest BCUT2D eigenvalue weighted by atomic mass is 9.99. The molecule has 3 aromatic heterocycles. The fourth-order valence-electron chi connectivity index (χ4n) is 8.73. The molecule has 0 unspecified atom stereocenters. The van der Waals surface area contributed by atoms with Crippen LogP contribution in [0.4, 0.5) is 0 Å². The molecule has 0 saturated heterocycles. The predicted octanol–water partition coefficient (Wildman–Crippen LogP) is 13.8. The molecular weight excluding hydrogens is 709 g/mol. The Labute approximate surface area is 333 Å². The fraction of sp³-hybridized carbons (Fsp3) is 0. The normalized spacial score (nSPS) is 11.8. The maximum Gasteiger partial charge on any atom is 0.164 e. The van der Waals surface area contributed by atoms with E-state index in [4.69, 9.17) is 19.4 Å². The molecule has 0 fully saturated rings. The zero-order valence-electron chi connectivity index (χ0n) is 31.2. The molecule has 0 spiro atoms. The Morgan fingerprint density at radius 2 is 0.914 bits per heavy atom. The van der Waals surface area contributed by atoms with Gasteiger partial charge in [0.15, 0.2) is 17.5 Å². The van der Waals surface area contributed by atoms with E-state index in [1.165, 1.54) is 21.5 Å². The van der Waals surface area contributed by atoms with Crippen molar-refractivity contribution in [2.75, 3.05) is 0 Å². The van der Waals surface area contributed by atoms with Gasteiger partial charge in [0, 0.05) is 49.7 Å². The zero-order valence-corrected chi connectivity index (χ0v) is 31.2. The number of para-hydroxylation sites is 1. The van der Waals surface area contributed by atoms with Crippen molar-refractivity contribution in [2.45, 2.75) is 0 Å². The van der Waals surface area contributed by atoms with Gasteiger partial charge in [-0.3, -0.25) is 0 Å². The van der Waals surface area contributed by atoms with Crippen molar-refractivity contribution in [1.29, 1.82) is 0 Å². The molecular formula is C53H32N4O. The summed E-state index contributed by atoms with van der Waals surface area (Å²) in [7, 11) is 0. The van der Waals surface area contributed by atoms with Crippen LogP contribution in [0, 0.1) is 0 Å². The van der Waals surface area contributed by atoms with Crippen molar-refractivity contribution in [2.24, 2.45) is 0 Å². The average molecular weight is 741 g/mol. The quantitative estimate of drug-likeness (QED) is 0.176. The fourth-order valence-corrected chi connectivity index (χ4v) is 8.73. The second-order valence-corrected chi connectivity index (χ2v) is 14.8. The minimum absolute atomic E-state index is 0.590. The molecule has 0 aliphatic carbocycles. The number of rotatable bonds is 5. The average Bonchev–Trinajstić information content (AvgIpc) is 3.84. The molecule has 58 heavy (non-hydrogen) atoms. The van der Waals surface area contributed by atoms with Crippen LogP contribution in [-0.2, 0) is 0 Å². The van der Waals surface area contributed by atoms with Crippen LogP contribution in [0.2, 0.25) is 0 Å². The molecule has 12 rings (SSSR count). The van der Waals surface area contributed by atoms with E-state index in [0.29, 0.717) is 17.5 Å². The molecule has 270 valence electrons. The van der Waals surface area contributed by atoms with Crippen LogP contribution < -0.4 is 0 Å². The van der Waals surface area contributed by atoms with Crippen molar-refractivity contribution in [3.05, 3.63) is 194 Å². The molecule has 5 nitrogen and oxygen atoms in total. The Balaban J connectivity index is 1.10. The Hall–Kier alpha value is -7.89. The first-order valence-corrected chi connectivity index (χ1v) is 19.5. The van der Waals surface area contributed by atoms with Gasteiger partial charge in [0.2, 0.25) is 0 Å². The third kappa shape index (κ3) is 5.07. The molecule has 0 atom stereocenters. The van der Waals surface area contributed by atoms with E-state index in [9.17, 15) is 0 Å². The van der Waals surface area contributed by atoms with Gasteiger partial charge in [-0.2, -0.15) is 0 Å². The summed E-state index contributed by atoms with van der Waals surface area (Å²) in [4.78, 5) is 15.4. The molecule has 9 aromatic carbocycles. The van der Waals surface area contributed by atoms with Gasteiger partial charge in [-0.15, -0.1) is 0 Å². The minimum Gasteiger partial charge on any atom is -0.456 e. The second kappa shape index (κ2) is 12.8. The van der Waals surface area contributed by atoms with E-state index >= 15 is 0 Å². The van der Waals surface area contributed by atoms with Gasteiger partial charge in [-0.25, -0.2) is 15.0 Å². The summed E-state index contributed by atoms with van der Waals surface area (Å²) < 4.78 is 9.26. The summed E-state index contributed by atoms with van der Waals surface area (Å²) in [6.45, 7) is 0. The molecule has 0 radical (unpaired) electrons. The first-order chi connectivity index (χ1) is 28.7. The third-order valence-electron chi connectivity index (χ3n) is 11.4. The van der Waals surface area contributed by atoms with Crippen molar-refractivity contribution in [3.8, 4) is 51.0 Å². The van der Waals surface area contributed by atoms with Crippen LogP contribution in [0.5, 0.6) is 0 Å². The van der Waals surface area contributed by atoms with Gasteiger partial charge in [0.1, 0.15) is 11.2 Å². The molecule has 0 N–H and O–H groups in total. The molecule has 0 aliphatic rings. The van der Waals surface area contributed by atoms with Crippen LogP contribution in [0.15, 0.2) is 199 Å². The maximum absolute atomic E-state index is 6.86. The summed E-state index contributed by atoms with van der Waals surface area (Å²) in [5.41, 5.74) is 9.98. The van der Waals surface area contributed by atoms with Gasteiger partial charge in [0.25, 0.3) is 0 Å². The van der Waals surface area contributed by atoms with Crippen LogP contribution in [0.1, 0.15) is 0 Å². The standard InChI is InChI=1S/C53H32N4O/c1-3-14-33(15-4-1)34-26-28-36(29-27-34)52-54-51(35-16-5-2-6-17-35)55-53(56-52)42-23-13-25-47-50(42)49-41-22-10-9-20-39(41)46(32-48(49)58-47)57-44-24-12-11-21-40(44)43-30-37-18-7-8-19-38(37)31-45(43)57/h1-32H. The minimum atomic E-state index is 0.590. The SMILES string of the molecule is c1ccc(-c2ccc(-c3nc(-c4ccccc4)nc(-c4cccc5oc6cc(-n7c8ccccc8c8cc9ccccc9cc87)c7ccccc7c6c45)n3)cc2)cc1. The highest BCUT2D eigenvalue weighted by atomic mass is 16.3. The second-order valence-electron chi connectivity index (χ2n) is 14.8. The lowest BCUT2D eigenvalue weighted by Crippen LogP contribution is -2.00. The largest absolute Gasteiger partial charge is 0.456 e. The zero-order chi connectivity index (χ0) is 38.2. The van der Waals surface area contributed by atoms with Crippen molar-refractivity contribution in [1.82, 2.24) is 19.5 Å². The van der Waals surface area contributed by atoms with Crippen molar-refractivity contribution >= 4 is 65.3 Å². The highest BCUT2D eigenvalue weighted by Crippen LogP contribution is 2.44. The Morgan fingerprint density at radius 3 is 1.67 bits per heavy atom. The van der Waals surface area contributed by atoms with E-state index in [-0.39, 0.29) is 0 Å². The molecule has 3 heterocycles. The molecule has 0 aliphatic heterocycles. The summed E-state index contributed by atoms with van der Waals surface area (Å²) in [5, 5.41) is 9.11. The number of nitrogens with zero attached hydrogens (tertiary/aromatic N) is 4. The lowest BCUT2D eigenvalue weighted by molar-refractivity contribution is 0.669. The van der Waals surface area contributed by atoms with Crippen LogP contribution in [0.3, 0.4) is 0 Å². The summed E-state index contributed by atoms with van der Waals surface area (Å²) in [6, 6.07) is 67.9. The Morgan fingerprint density at radius 1 is 0.345 bits per heavy atom. The Bertz CT molecular complexity index is 3550. The smallest absolute Gasteiger partial charge is 0.164 e. The van der Waals surface area contributed by atoms with Gasteiger partial charge < -0.3 is 8.98 Å². The van der Waals surface area contributed by atoms with Gasteiger partial charge in [-0.05, 0) is 51.6 Å². The number of hydrogen-bond acceptors (Lipinski definition) is 4. The summed E-state index contributed by atoms with van der Waals surface area (Å²) >= 11 is 0. The lowest BCUT2D eigenvalue weighted by Gasteiger charge is -2.13. The van der Waals surface area contributed by atoms with Gasteiger partial charge in [0.05, 0.1) is 16.7 Å². The van der Waals surface area contributed by atoms with Gasteiger partial charge in [-0.1, -0.05) is 164 Å². The number of benzene rings is 9. The summed E-state index contributed by atoms with van der Waals surface area (Å²) in [6.07, 6.45) is 0. The molecule has 0 bridgehead atoms. The first kappa shape index (κ1) is 32.4. The van der Waals surface area contributed by atoms with Crippen LogP contribution in [0.25, 0.3) is 116 Å². The number of hydrogen-bond donors (Lipinski definition) is 0. The van der Waals surface area contributed by atoms with Crippen molar-refractivity contribution in [3.63, 3.8) is 0 Å². The third-order valence-corrected chi connectivity index (χ3v) is 11.4. The van der Waals surface area contributed by atoms with E-state index in [1.807, 2.05) is 48.5 Å². The molecule has 5 heteroatoms. The summed E-state index contributed by atoms with van der Waals surface area (Å²) in [5.74, 6) is 1.81. The Kier molecular flexibility index (Phi) is 7.16. The highest BCUT2D eigenvalue weighted by Gasteiger charge is 2.22. The molecule has 0 saturated carbocycles. The molecule has 0 amide bonds. The highest BCUT2D eigenvalue weighted by molar-refractivity contribution is 6.25. The van der Waals surface area contributed by atoms with E-state index in [2.05, 4.69) is 150 Å². The van der Waals surface area contributed by atoms with Crippen molar-refractivity contribution < 1.29 is 4.42 Å². The van der Waals surface area contributed by atoms with Gasteiger partial charge >= 0.3 is 0 Å². The maximum atomic E-state index is 6.86. The van der Waals surface area contributed by atoms with Crippen LogP contribution in [-0.4, -0.2) is 19.5 Å². The topological polar surface area (TPSA) is 56.7 Å². The van der Waals surface area contributed by atoms with Crippen LogP contribution >= 0.6 is 0 Å². The number of furan rings is 1. The van der Waals surface area contributed by atoms with E-state index in [0.717, 1.165) is 77.2 Å². The molecule has 12 aromatic rings. The van der Waals surface area contributed by atoms with E-state index in [1.54, 1.807) is 0 Å². The monoisotopic (exact) mass is 740 g/mol. The first-order valence-electron chi connectivity index (χ1n) is 19.5. The predicted molar refractivity (Wildman–Crippen MR) is 238 cm³/mol. The number of aromatic nitrogens is 4.